The molecule has 8 heteroatoms. The molecular weight excluding hydrogens is 348 g/mol. The van der Waals surface area contributed by atoms with E-state index >= 15 is 0 Å². The Balaban J connectivity index is 1.96. The van der Waals surface area contributed by atoms with E-state index in [4.69, 9.17) is 24.7 Å². The molecule has 2 fully saturated rings. The van der Waals surface area contributed by atoms with Crippen LogP contribution in [0.4, 0.5) is 0 Å². The van der Waals surface area contributed by atoms with Crippen LogP contribution in [0.25, 0.3) is 0 Å². The number of ether oxygens (including phenoxy) is 4. The summed E-state index contributed by atoms with van der Waals surface area (Å²) in [7, 11) is 3.08. The monoisotopic (exact) mass is 369 g/mol. The number of nitriles is 2. The molecule has 27 heavy (non-hydrogen) atoms. The molecule has 2 aliphatic heterocycles. The Bertz CT molecular complexity index is 950. The van der Waals surface area contributed by atoms with Crippen molar-refractivity contribution in [2.45, 2.75) is 31.3 Å². The van der Waals surface area contributed by atoms with Gasteiger partial charge in [-0.25, -0.2) is 4.99 Å². The summed E-state index contributed by atoms with van der Waals surface area (Å²) in [5.74, 6) is -0.231. The topological polar surface area (TPSA) is 124 Å². The molecule has 4 rings (SSSR count). The van der Waals surface area contributed by atoms with Crippen LogP contribution in [0.15, 0.2) is 18.2 Å². The van der Waals surface area contributed by atoms with Crippen LogP contribution in [0.1, 0.15) is 19.4 Å². The Morgan fingerprint density at radius 1 is 1.22 bits per heavy atom. The van der Waals surface area contributed by atoms with Gasteiger partial charge in [-0.05, 0) is 24.6 Å². The number of nitrogens with zero attached hydrogens (tertiary/aromatic N) is 2. The summed E-state index contributed by atoms with van der Waals surface area (Å²) in [4.78, 5) is 2.97. The molecule has 140 valence electrons. The van der Waals surface area contributed by atoms with E-state index in [1.165, 1.54) is 7.11 Å². The van der Waals surface area contributed by atoms with E-state index in [1.807, 2.05) is 19.9 Å². The highest BCUT2D eigenvalue weighted by molar-refractivity contribution is 5.97. The number of amidine groups is 1. The molecule has 0 unspecified atom stereocenters. The van der Waals surface area contributed by atoms with Crippen LogP contribution >= 0.6 is 0 Å². The Morgan fingerprint density at radius 3 is 2.44 bits per heavy atom. The molecule has 0 radical (unpaired) electrons. The minimum atomic E-state index is -1.47. The summed E-state index contributed by atoms with van der Waals surface area (Å²) < 4.78 is 22.6. The third-order valence-electron chi connectivity index (χ3n) is 6.38. The molecular formula is C19H21N4O4+. The first-order chi connectivity index (χ1) is 12.8. The zero-order valence-corrected chi connectivity index (χ0v) is 15.6. The second-order valence-electron chi connectivity index (χ2n) is 7.31. The van der Waals surface area contributed by atoms with Crippen molar-refractivity contribution in [1.29, 1.82) is 10.5 Å². The molecule has 0 amide bonds. The van der Waals surface area contributed by atoms with Crippen molar-refractivity contribution in [2.75, 3.05) is 20.8 Å². The van der Waals surface area contributed by atoms with Crippen LogP contribution < -0.4 is 20.2 Å². The Kier molecular flexibility index (Phi) is 3.34. The van der Waals surface area contributed by atoms with E-state index in [2.05, 4.69) is 17.1 Å². The summed E-state index contributed by atoms with van der Waals surface area (Å²) in [6.07, 6.45) is -0.236. The van der Waals surface area contributed by atoms with Crippen molar-refractivity contribution in [1.82, 2.24) is 0 Å². The molecule has 1 saturated carbocycles. The van der Waals surface area contributed by atoms with E-state index in [-0.39, 0.29) is 11.9 Å². The number of nitrogens with one attached hydrogen (secondary N) is 1. The van der Waals surface area contributed by atoms with Crippen molar-refractivity contribution >= 4 is 5.84 Å². The van der Waals surface area contributed by atoms with Crippen LogP contribution in [-0.2, 0) is 14.9 Å². The lowest BCUT2D eigenvalue weighted by atomic mass is 9.84. The summed E-state index contributed by atoms with van der Waals surface area (Å²) in [6, 6.07) is 9.97. The highest BCUT2D eigenvalue weighted by Gasteiger charge is 3.03. The van der Waals surface area contributed by atoms with E-state index in [1.54, 1.807) is 19.2 Å². The smallest absolute Gasteiger partial charge is 0.344 e. The van der Waals surface area contributed by atoms with Gasteiger partial charge in [0.2, 0.25) is 0 Å². The predicted molar refractivity (Wildman–Crippen MR) is 92.4 cm³/mol. The summed E-state index contributed by atoms with van der Waals surface area (Å²) in [5, 5.41) is 20.4. The molecule has 3 N–H and O–H groups in total. The molecule has 8 nitrogen and oxygen atoms in total. The van der Waals surface area contributed by atoms with Gasteiger partial charge in [-0.3, -0.25) is 5.73 Å². The number of methoxy groups -OCH3 is 2. The molecule has 3 aliphatic rings. The molecule has 1 aromatic rings. The standard InChI is InChI=1S/C19H20N4O4/c1-11-8-26-19(27-11)18(10-21)16(2,17(18,9-20)15(22)23-19)12-5-6-13(24-3)14(7-12)25-4/h5-7,11H,8H2,1-4H3,(H2,22,23)/p+1/t11-,16-,17-,18+,19-/m0/s1. The van der Waals surface area contributed by atoms with Gasteiger partial charge in [-0.2, -0.15) is 10.5 Å². The van der Waals surface area contributed by atoms with Crippen molar-refractivity contribution in [2.24, 2.45) is 16.6 Å². The Labute approximate surface area is 157 Å². The van der Waals surface area contributed by atoms with Gasteiger partial charge in [0, 0.05) is 0 Å². The minimum Gasteiger partial charge on any atom is -0.493 e. The zero-order valence-electron chi connectivity index (χ0n) is 15.6. The van der Waals surface area contributed by atoms with Gasteiger partial charge < -0.3 is 18.9 Å². The average molecular weight is 369 g/mol. The third-order valence-corrected chi connectivity index (χ3v) is 6.38. The number of hydrogen-bond acceptors (Lipinski definition) is 7. The maximum absolute atomic E-state index is 10.3. The maximum atomic E-state index is 10.3. The molecule has 1 spiro atoms. The van der Waals surface area contributed by atoms with E-state index < -0.39 is 22.2 Å². The molecule has 2 heterocycles. The fourth-order valence-electron chi connectivity index (χ4n) is 5.08. The largest absolute Gasteiger partial charge is 0.493 e. The van der Waals surface area contributed by atoms with E-state index in [0.29, 0.717) is 18.1 Å². The van der Waals surface area contributed by atoms with Crippen molar-refractivity contribution < 1.29 is 23.9 Å². The van der Waals surface area contributed by atoms with Crippen LogP contribution in [0.2, 0.25) is 0 Å². The van der Waals surface area contributed by atoms with Gasteiger partial charge in [0.15, 0.2) is 22.3 Å². The number of rotatable bonds is 3. The molecule has 5 atom stereocenters. The average Bonchev–Trinajstić information content (AvgIpc) is 2.85. The summed E-state index contributed by atoms with van der Waals surface area (Å²) in [5.41, 5.74) is 3.37. The van der Waals surface area contributed by atoms with E-state index in [9.17, 15) is 10.5 Å². The molecule has 1 aliphatic carbocycles. The normalized spacial score (nSPS) is 41.4. The quantitative estimate of drug-likeness (QED) is 0.738. The lowest BCUT2D eigenvalue weighted by Gasteiger charge is -2.28. The first kappa shape index (κ1) is 17.6. The van der Waals surface area contributed by atoms with E-state index in [0.717, 1.165) is 5.56 Å². The summed E-state index contributed by atoms with van der Waals surface area (Å²) >= 11 is 0. The Hall–Kier alpha value is -2.81. The highest BCUT2D eigenvalue weighted by Crippen LogP contribution is 2.82. The second-order valence-corrected chi connectivity index (χ2v) is 7.31. The molecule has 0 bridgehead atoms. The Morgan fingerprint density at radius 2 is 1.93 bits per heavy atom. The first-order valence-electron chi connectivity index (χ1n) is 8.62. The molecule has 0 aromatic heterocycles. The van der Waals surface area contributed by atoms with Crippen LogP contribution in [0.5, 0.6) is 11.5 Å². The second kappa shape index (κ2) is 5.13. The summed E-state index contributed by atoms with van der Waals surface area (Å²) in [6.45, 7) is 3.99. The fourth-order valence-corrected chi connectivity index (χ4v) is 5.08. The van der Waals surface area contributed by atoms with Crippen LogP contribution in [0, 0.1) is 33.5 Å². The van der Waals surface area contributed by atoms with Crippen LogP contribution in [-0.4, -0.2) is 38.7 Å². The zero-order chi connectivity index (χ0) is 19.7. The first-order valence-corrected chi connectivity index (χ1v) is 8.62. The minimum absolute atomic E-state index is 0.179. The van der Waals surface area contributed by atoms with Gasteiger partial charge in [0.25, 0.3) is 5.84 Å². The van der Waals surface area contributed by atoms with Gasteiger partial charge in [-0.15, -0.1) is 0 Å². The third kappa shape index (κ3) is 1.54. The molecule has 1 saturated heterocycles. The number of benzene rings is 1. The SMILES string of the molecule is COc1ccc([C@@]2(C)[C@]3(C#N)C(N)=[NH+][C@]4(OC[C@H](C)O4)[C@@]32C#N)cc1OC. The lowest BCUT2D eigenvalue weighted by Crippen LogP contribution is -2.90. The van der Waals surface area contributed by atoms with Crippen molar-refractivity contribution in [3.8, 4) is 23.6 Å². The van der Waals surface area contributed by atoms with Gasteiger partial charge in [-0.1, -0.05) is 13.0 Å². The molecule has 1 aromatic carbocycles. The van der Waals surface area contributed by atoms with Crippen LogP contribution in [0.3, 0.4) is 0 Å². The maximum Gasteiger partial charge on any atom is 0.344 e. The van der Waals surface area contributed by atoms with Crippen molar-refractivity contribution in [3.63, 3.8) is 0 Å². The van der Waals surface area contributed by atoms with Crippen molar-refractivity contribution in [3.05, 3.63) is 23.8 Å². The number of nitrogens with two attached hydrogens (primary N) is 1. The highest BCUT2D eigenvalue weighted by atomic mass is 16.8. The fraction of sp³-hybridized carbons (Fsp3) is 0.526. The number of hydrogen-bond donors (Lipinski definition) is 2. The van der Waals surface area contributed by atoms with Gasteiger partial charge >= 0.3 is 5.91 Å². The van der Waals surface area contributed by atoms with Gasteiger partial charge in [0.05, 0.1) is 44.5 Å². The van der Waals surface area contributed by atoms with Gasteiger partial charge in [0.1, 0.15) is 0 Å². The number of fused-ring (bicyclic) bond motifs is 2. The predicted octanol–water partition coefficient (Wildman–Crippen LogP) is -0.464. The lowest BCUT2D eigenvalue weighted by molar-refractivity contribution is -0.679.